The highest BCUT2D eigenvalue weighted by Gasteiger charge is 2.45. The number of benzene rings is 3. The minimum Gasteiger partial charge on any atom is -0.392 e. The minimum absolute atomic E-state index is 0. The van der Waals surface area contributed by atoms with Gasteiger partial charge in [0.2, 0.25) is 0 Å². The SMILES string of the molecule is CN1COC2(CCCCC2)C(c2ccc(CO)cc2)C1.Cl.N#CC(c1ccc(CO)cc1)C1(O)CCCCC1.NCC(c1ccc(CO)cc1)C1(O)CCCCC1. The lowest BCUT2D eigenvalue weighted by atomic mass is 9.71. The van der Waals surface area contributed by atoms with Crippen LogP contribution in [0.4, 0.5) is 0 Å². The first kappa shape index (κ1) is 46.8. The monoisotopic (exact) mass is 805 g/mol. The van der Waals surface area contributed by atoms with Gasteiger partial charge in [-0.25, -0.2) is 0 Å². The molecule has 3 unspecified atom stereocenters. The zero-order valence-electron chi connectivity index (χ0n) is 34.0. The lowest BCUT2D eigenvalue weighted by Crippen LogP contribution is -2.52. The van der Waals surface area contributed by atoms with Crippen LogP contribution in [0.3, 0.4) is 0 Å². The third-order valence-corrected chi connectivity index (χ3v) is 13.0. The Hall–Kier alpha value is -2.88. The van der Waals surface area contributed by atoms with Crippen molar-refractivity contribution in [2.24, 2.45) is 5.73 Å². The second kappa shape index (κ2) is 22.5. The summed E-state index contributed by atoms with van der Waals surface area (Å²) < 4.78 is 6.32. The first-order valence-electron chi connectivity index (χ1n) is 21.1. The van der Waals surface area contributed by atoms with Crippen molar-refractivity contribution in [2.75, 3.05) is 26.9 Å². The Bertz CT molecular complexity index is 1630. The third-order valence-electron chi connectivity index (χ3n) is 13.0. The van der Waals surface area contributed by atoms with E-state index in [9.17, 15) is 20.6 Å². The lowest BCUT2D eigenvalue weighted by molar-refractivity contribution is -0.161. The fourth-order valence-electron chi connectivity index (χ4n) is 9.58. The van der Waals surface area contributed by atoms with Gasteiger partial charge in [0, 0.05) is 24.9 Å². The van der Waals surface area contributed by atoms with Gasteiger partial charge in [-0.15, -0.1) is 12.4 Å². The molecule has 7 rings (SSSR count). The summed E-state index contributed by atoms with van der Waals surface area (Å²) in [5, 5.41) is 58.0. The van der Waals surface area contributed by atoms with Crippen molar-refractivity contribution >= 4 is 12.4 Å². The van der Waals surface area contributed by atoms with Crippen molar-refractivity contribution in [3.63, 3.8) is 0 Å². The van der Waals surface area contributed by atoms with Crippen molar-refractivity contribution in [3.05, 3.63) is 106 Å². The number of nitrogens with two attached hydrogens (primary N) is 1. The molecule has 10 heteroatoms. The average Bonchev–Trinajstić information content (AvgIpc) is 3.24. The van der Waals surface area contributed by atoms with E-state index in [1.165, 1.54) is 44.1 Å². The number of halogens is 1. The van der Waals surface area contributed by atoms with Crippen LogP contribution in [0.1, 0.15) is 147 Å². The molecule has 3 aromatic carbocycles. The Balaban J connectivity index is 0.000000188. The molecule has 3 aliphatic carbocycles. The second-order valence-corrected chi connectivity index (χ2v) is 16.9. The number of aliphatic hydroxyl groups is 5. The third kappa shape index (κ3) is 12.1. The first-order valence-corrected chi connectivity index (χ1v) is 21.1. The van der Waals surface area contributed by atoms with Gasteiger partial charge in [-0.05, 0) is 79.0 Å². The lowest BCUT2D eigenvalue weighted by Gasteiger charge is -2.49. The molecule has 1 spiro atoms. The normalized spacial score (nSPS) is 22.2. The van der Waals surface area contributed by atoms with Crippen LogP contribution in [-0.2, 0) is 24.6 Å². The van der Waals surface area contributed by atoms with E-state index in [2.05, 4.69) is 30.1 Å². The summed E-state index contributed by atoms with van der Waals surface area (Å²) >= 11 is 0. The highest BCUT2D eigenvalue weighted by molar-refractivity contribution is 5.85. The number of ether oxygens (including phenoxy) is 1. The summed E-state index contributed by atoms with van der Waals surface area (Å²) in [5.41, 5.74) is 10.4. The molecule has 4 fully saturated rings. The summed E-state index contributed by atoms with van der Waals surface area (Å²) in [4.78, 5) is 2.27. The molecule has 7 N–H and O–H groups in total. The Kier molecular flexibility index (Phi) is 18.5. The number of hydrogen-bond donors (Lipinski definition) is 6. The van der Waals surface area contributed by atoms with E-state index in [0.29, 0.717) is 25.3 Å². The van der Waals surface area contributed by atoms with Crippen molar-refractivity contribution in [3.8, 4) is 6.07 Å². The predicted molar refractivity (Wildman–Crippen MR) is 228 cm³/mol. The van der Waals surface area contributed by atoms with E-state index in [1.807, 2.05) is 60.7 Å². The van der Waals surface area contributed by atoms with Gasteiger partial charge in [0.1, 0.15) is 0 Å². The van der Waals surface area contributed by atoms with Gasteiger partial charge in [0.25, 0.3) is 0 Å². The number of likely N-dealkylation sites (N-methyl/N-ethyl adjacent to an activating group) is 1. The fourth-order valence-corrected chi connectivity index (χ4v) is 9.58. The van der Waals surface area contributed by atoms with Crippen molar-refractivity contribution < 1.29 is 30.3 Å². The van der Waals surface area contributed by atoms with Gasteiger partial charge >= 0.3 is 0 Å². The van der Waals surface area contributed by atoms with Crippen LogP contribution in [0, 0.1) is 11.3 Å². The van der Waals surface area contributed by atoms with Crippen LogP contribution in [0.25, 0.3) is 0 Å². The molecule has 9 nitrogen and oxygen atoms in total. The van der Waals surface area contributed by atoms with Gasteiger partial charge in [0.15, 0.2) is 0 Å². The number of rotatable bonds is 9. The fraction of sp³-hybridized carbons (Fsp3) is 0.596. The molecule has 3 saturated carbocycles. The van der Waals surface area contributed by atoms with E-state index >= 15 is 0 Å². The van der Waals surface area contributed by atoms with Gasteiger partial charge in [-0.3, -0.25) is 4.90 Å². The molecule has 4 aliphatic rings. The van der Waals surface area contributed by atoms with Gasteiger partial charge < -0.3 is 36.0 Å². The quantitative estimate of drug-likeness (QED) is 0.127. The van der Waals surface area contributed by atoms with Gasteiger partial charge in [-0.1, -0.05) is 131 Å². The maximum absolute atomic E-state index is 10.8. The molecule has 0 aromatic heterocycles. The topological polar surface area (TPSA) is 163 Å². The molecule has 0 bridgehead atoms. The highest BCUT2D eigenvalue weighted by atomic mass is 35.5. The van der Waals surface area contributed by atoms with Crippen LogP contribution in [0.15, 0.2) is 72.8 Å². The van der Waals surface area contributed by atoms with Gasteiger partial charge in [-0.2, -0.15) is 5.26 Å². The maximum atomic E-state index is 10.8. The summed E-state index contributed by atoms with van der Waals surface area (Å²) in [5.74, 6) is -0.00891. The van der Waals surface area contributed by atoms with E-state index in [1.54, 1.807) is 0 Å². The largest absolute Gasteiger partial charge is 0.392 e. The summed E-state index contributed by atoms with van der Waals surface area (Å²) in [7, 11) is 2.13. The van der Waals surface area contributed by atoms with Crippen molar-refractivity contribution in [2.45, 2.75) is 151 Å². The number of aliphatic hydroxyl groups excluding tert-OH is 3. The standard InChI is InChI=1S/C17H25NO2.C15H23NO2.C15H19NO2.ClH/c1-18-11-16(15-7-5-14(12-19)6-8-15)17(20-13-18)9-3-2-4-10-17;2*16-10-14(15(18)8-2-1-3-9-15)13-6-4-12(11-17)5-7-13;/h5-8,16,19H,2-4,9-13H2,1H3;4-7,14,17-18H,1-3,8-11,16H2;4-7,14,17-18H,1-3,8-9,11H2;1H. The van der Waals surface area contributed by atoms with E-state index in [4.69, 9.17) is 20.7 Å². The maximum Gasteiger partial charge on any atom is 0.0999 e. The Morgan fingerprint density at radius 2 is 1.09 bits per heavy atom. The average molecular weight is 807 g/mol. The van der Waals surface area contributed by atoms with Crippen molar-refractivity contribution in [1.82, 2.24) is 4.90 Å². The zero-order chi connectivity index (χ0) is 40.0. The van der Waals surface area contributed by atoms with Crippen LogP contribution in [0.2, 0.25) is 0 Å². The number of nitriles is 1. The van der Waals surface area contributed by atoms with E-state index in [0.717, 1.165) is 86.0 Å². The molecule has 1 aliphatic heterocycles. The van der Waals surface area contributed by atoms with Gasteiger partial charge in [0.05, 0.1) is 55.3 Å². The highest BCUT2D eigenvalue weighted by Crippen LogP contribution is 2.46. The molecule has 1 heterocycles. The number of hydrogen-bond acceptors (Lipinski definition) is 9. The van der Waals surface area contributed by atoms with Crippen LogP contribution >= 0.6 is 12.4 Å². The molecule has 57 heavy (non-hydrogen) atoms. The molecule has 3 atom stereocenters. The number of nitrogens with zero attached hydrogens (tertiary/aromatic N) is 2. The predicted octanol–water partition coefficient (Wildman–Crippen LogP) is 7.70. The smallest absolute Gasteiger partial charge is 0.0999 e. The molecule has 1 saturated heterocycles. The van der Waals surface area contributed by atoms with E-state index in [-0.39, 0.29) is 43.7 Å². The van der Waals surface area contributed by atoms with Crippen molar-refractivity contribution in [1.29, 1.82) is 5.26 Å². The second-order valence-electron chi connectivity index (χ2n) is 16.9. The van der Waals surface area contributed by atoms with E-state index < -0.39 is 17.1 Å². The van der Waals surface area contributed by atoms with Crippen LogP contribution in [-0.4, -0.2) is 74.1 Å². The molecule has 3 aromatic rings. The Labute approximate surface area is 347 Å². The zero-order valence-corrected chi connectivity index (χ0v) is 34.9. The Morgan fingerprint density at radius 1 is 0.667 bits per heavy atom. The molecule has 0 radical (unpaired) electrons. The first-order chi connectivity index (χ1) is 27.1. The summed E-state index contributed by atoms with van der Waals surface area (Å²) in [6, 6.07) is 25.8. The van der Waals surface area contributed by atoms with Crippen LogP contribution < -0.4 is 5.73 Å². The van der Waals surface area contributed by atoms with Crippen LogP contribution in [0.5, 0.6) is 0 Å². The molecular weight excluding hydrogens is 738 g/mol. The Morgan fingerprint density at radius 3 is 1.53 bits per heavy atom. The summed E-state index contributed by atoms with van der Waals surface area (Å²) in [6.45, 7) is 2.46. The summed E-state index contributed by atoms with van der Waals surface area (Å²) in [6.07, 6.45) is 15.9. The molecule has 314 valence electrons. The minimum atomic E-state index is -0.881. The molecule has 0 amide bonds. The molecular formula is C47H68ClN3O6.